The summed E-state index contributed by atoms with van der Waals surface area (Å²) in [5, 5.41) is 4.59. The number of para-hydroxylation sites is 2. The highest BCUT2D eigenvalue weighted by Crippen LogP contribution is 2.40. The van der Waals surface area contributed by atoms with Gasteiger partial charge in [0.25, 0.3) is 0 Å². The van der Waals surface area contributed by atoms with E-state index in [0.29, 0.717) is 23.4 Å². The number of hydrogen-bond acceptors (Lipinski definition) is 5. The van der Waals surface area contributed by atoms with Crippen LogP contribution in [0.1, 0.15) is 0 Å². The first-order valence-corrected chi connectivity index (χ1v) is 22.7. The first-order valence-electron chi connectivity index (χ1n) is 22.7. The molecule has 4 aromatic heterocycles. The molecule has 7 heteroatoms. The predicted molar refractivity (Wildman–Crippen MR) is 277 cm³/mol. The van der Waals surface area contributed by atoms with Crippen molar-refractivity contribution >= 4 is 43.6 Å². The molecule has 7 nitrogen and oxygen atoms in total. The molecule has 0 unspecified atom stereocenters. The lowest BCUT2D eigenvalue weighted by Crippen LogP contribution is -2.06. The smallest absolute Gasteiger partial charge is 0.238 e. The van der Waals surface area contributed by atoms with Gasteiger partial charge in [-0.05, 0) is 59.7 Å². The zero-order chi connectivity index (χ0) is 45.0. The fourth-order valence-electron chi connectivity index (χ4n) is 9.55. The minimum atomic E-state index is 0.557. The number of hydrogen-bond donors (Lipinski definition) is 0. The van der Waals surface area contributed by atoms with Crippen molar-refractivity contribution in [3.63, 3.8) is 0 Å². The van der Waals surface area contributed by atoms with E-state index in [4.69, 9.17) is 24.9 Å². The molecule has 318 valence electrons. The van der Waals surface area contributed by atoms with E-state index in [0.717, 1.165) is 94.2 Å². The van der Waals surface area contributed by atoms with E-state index in [1.54, 1.807) is 0 Å². The van der Waals surface area contributed by atoms with Crippen LogP contribution in [0, 0.1) is 0 Å². The standard InChI is InChI=1S/C61H39N7/c1-5-18-40(19-6-1)45-26-17-27-46(36-45)53-38-52(62-58(63-53)42-20-7-2-8-21-42)41-32-34-47(35-33-41)67-54-30-15-13-28-48(54)50-37-51-49-29-14-16-31-55(49)68(57(51)39-56(50)67)61-65-59(43-22-9-3-10-23-43)64-60(66-61)44-24-11-4-12-25-44/h1-39H. The van der Waals surface area contributed by atoms with Gasteiger partial charge in [0, 0.05) is 55.0 Å². The third kappa shape index (κ3) is 6.80. The molecule has 68 heavy (non-hydrogen) atoms. The van der Waals surface area contributed by atoms with Crippen molar-refractivity contribution in [1.29, 1.82) is 0 Å². The molecule has 0 saturated carbocycles. The van der Waals surface area contributed by atoms with Crippen LogP contribution in [-0.4, -0.2) is 34.1 Å². The van der Waals surface area contributed by atoms with Gasteiger partial charge in [-0.2, -0.15) is 9.97 Å². The molecule has 0 fully saturated rings. The average Bonchev–Trinajstić information content (AvgIpc) is 3.93. The number of aromatic nitrogens is 7. The second-order valence-electron chi connectivity index (χ2n) is 16.9. The van der Waals surface area contributed by atoms with E-state index in [9.17, 15) is 0 Å². The van der Waals surface area contributed by atoms with Crippen LogP contribution in [-0.2, 0) is 0 Å². The molecule has 13 aromatic rings. The van der Waals surface area contributed by atoms with Crippen LogP contribution in [0.3, 0.4) is 0 Å². The Labute approximate surface area is 392 Å². The molecule has 0 aliphatic carbocycles. The van der Waals surface area contributed by atoms with Crippen molar-refractivity contribution in [1.82, 2.24) is 34.1 Å². The molecule has 0 radical (unpaired) electrons. The van der Waals surface area contributed by atoms with Gasteiger partial charge in [-0.1, -0.05) is 188 Å². The van der Waals surface area contributed by atoms with Crippen molar-refractivity contribution in [2.75, 3.05) is 0 Å². The van der Waals surface area contributed by atoms with E-state index in [1.165, 1.54) is 5.39 Å². The highest BCUT2D eigenvalue weighted by atomic mass is 15.2. The fraction of sp³-hybridized carbons (Fsp3) is 0. The Morgan fingerprint density at radius 2 is 0.676 bits per heavy atom. The van der Waals surface area contributed by atoms with Gasteiger partial charge in [0.1, 0.15) is 0 Å². The molecule has 13 rings (SSSR count). The minimum Gasteiger partial charge on any atom is -0.309 e. The van der Waals surface area contributed by atoms with Gasteiger partial charge in [0.05, 0.1) is 33.5 Å². The second kappa shape index (κ2) is 16.3. The van der Waals surface area contributed by atoms with Crippen molar-refractivity contribution in [2.45, 2.75) is 0 Å². The summed E-state index contributed by atoms with van der Waals surface area (Å²) in [5.74, 6) is 2.46. The SMILES string of the molecule is c1ccc(-c2cccc(-c3cc(-c4ccc(-n5c6ccccc6c6cc7c8ccccc8n(-c8nc(-c9ccccc9)nc(-c9ccccc9)n8)c7cc65)cc4)nc(-c4ccccc4)n3)c2)cc1. The Morgan fingerprint density at radius 3 is 1.25 bits per heavy atom. The average molecular weight is 870 g/mol. The Morgan fingerprint density at radius 1 is 0.235 bits per heavy atom. The molecule has 0 bridgehead atoms. The summed E-state index contributed by atoms with van der Waals surface area (Å²) >= 11 is 0. The zero-order valence-corrected chi connectivity index (χ0v) is 36.6. The maximum absolute atomic E-state index is 5.21. The lowest BCUT2D eigenvalue weighted by Gasteiger charge is -2.13. The molecule has 4 heterocycles. The van der Waals surface area contributed by atoms with E-state index in [-0.39, 0.29) is 0 Å². The molecule has 0 spiro atoms. The number of rotatable bonds is 8. The summed E-state index contributed by atoms with van der Waals surface area (Å²) in [6.07, 6.45) is 0. The molecule has 0 atom stereocenters. The Hall–Kier alpha value is -9.33. The van der Waals surface area contributed by atoms with Crippen molar-refractivity contribution < 1.29 is 0 Å². The van der Waals surface area contributed by atoms with Crippen molar-refractivity contribution in [3.05, 3.63) is 237 Å². The summed E-state index contributed by atoms with van der Waals surface area (Å²) in [6, 6.07) is 82.2. The quantitative estimate of drug-likeness (QED) is 0.152. The Bertz CT molecular complexity index is 3940. The second-order valence-corrected chi connectivity index (χ2v) is 16.9. The minimum absolute atomic E-state index is 0.557. The summed E-state index contributed by atoms with van der Waals surface area (Å²) < 4.78 is 4.56. The molecule has 0 aliphatic heterocycles. The van der Waals surface area contributed by atoms with E-state index >= 15 is 0 Å². The summed E-state index contributed by atoms with van der Waals surface area (Å²) in [6.45, 7) is 0. The summed E-state index contributed by atoms with van der Waals surface area (Å²) in [4.78, 5) is 25.7. The normalized spacial score (nSPS) is 11.5. The van der Waals surface area contributed by atoms with Gasteiger partial charge in [-0.15, -0.1) is 0 Å². The zero-order valence-electron chi connectivity index (χ0n) is 36.6. The van der Waals surface area contributed by atoms with Gasteiger partial charge in [0.15, 0.2) is 17.5 Å². The van der Waals surface area contributed by atoms with Crippen LogP contribution >= 0.6 is 0 Å². The highest BCUT2D eigenvalue weighted by molar-refractivity contribution is 6.19. The van der Waals surface area contributed by atoms with Gasteiger partial charge in [-0.3, -0.25) is 4.57 Å². The first kappa shape index (κ1) is 39.1. The van der Waals surface area contributed by atoms with Crippen LogP contribution in [0.25, 0.3) is 123 Å². The first-order chi connectivity index (χ1) is 33.7. The monoisotopic (exact) mass is 869 g/mol. The molecule has 9 aromatic carbocycles. The molecule has 0 saturated heterocycles. The van der Waals surface area contributed by atoms with Crippen LogP contribution in [0.2, 0.25) is 0 Å². The van der Waals surface area contributed by atoms with Gasteiger partial charge >= 0.3 is 0 Å². The third-order valence-electron chi connectivity index (χ3n) is 12.8. The molecular formula is C61H39N7. The number of benzene rings is 9. The molecule has 0 amide bonds. The van der Waals surface area contributed by atoms with Crippen molar-refractivity contribution in [2.24, 2.45) is 0 Å². The highest BCUT2D eigenvalue weighted by Gasteiger charge is 2.21. The third-order valence-corrected chi connectivity index (χ3v) is 12.8. The van der Waals surface area contributed by atoms with Crippen LogP contribution < -0.4 is 0 Å². The lowest BCUT2D eigenvalue weighted by molar-refractivity contribution is 0.953. The molecule has 0 aliphatic rings. The fourth-order valence-corrected chi connectivity index (χ4v) is 9.55. The summed E-state index contributed by atoms with van der Waals surface area (Å²) in [7, 11) is 0. The summed E-state index contributed by atoms with van der Waals surface area (Å²) in [5.41, 5.74) is 14.1. The lowest BCUT2D eigenvalue weighted by atomic mass is 10.0. The van der Waals surface area contributed by atoms with Crippen molar-refractivity contribution in [3.8, 4) is 79.4 Å². The molecular weight excluding hydrogens is 831 g/mol. The van der Waals surface area contributed by atoms with Crippen LogP contribution in [0.4, 0.5) is 0 Å². The van der Waals surface area contributed by atoms with Crippen LogP contribution in [0.5, 0.6) is 0 Å². The van der Waals surface area contributed by atoms with E-state index in [2.05, 4.69) is 161 Å². The Kier molecular flexibility index (Phi) is 9.35. The maximum atomic E-state index is 5.21. The van der Waals surface area contributed by atoms with E-state index < -0.39 is 0 Å². The Balaban J connectivity index is 0.980. The van der Waals surface area contributed by atoms with E-state index in [1.807, 2.05) is 84.9 Å². The largest absolute Gasteiger partial charge is 0.309 e. The number of fused-ring (bicyclic) bond motifs is 6. The maximum Gasteiger partial charge on any atom is 0.238 e. The predicted octanol–water partition coefficient (Wildman–Crippen LogP) is 14.9. The topological polar surface area (TPSA) is 74.3 Å². The van der Waals surface area contributed by atoms with Crippen LogP contribution in [0.15, 0.2) is 237 Å². The molecule has 0 N–H and O–H groups in total. The van der Waals surface area contributed by atoms with Gasteiger partial charge in [0.2, 0.25) is 5.95 Å². The van der Waals surface area contributed by atoms with Gasteiger partial charge < -0.3 is 4.57 Å². The van der Waals surface area contributed by atoms with Gasteiger partial charge in [-0.25, -0.2) is 15.0 Å². The number of nitrogens with zero attached hydrogens (tertiary/aromatic N) is 7.